The van der Waals surface area contributed by atoms with E-state index >= 15 is 0 Å². The fraction of sp³-hybridized carbons (Fsp3) is 0.467. The van der Waals surface area contributed by atoms with Gasteiger partial charge in [-0.25, -0.2) is 0 Å². The molecule has 104 valence electrons. The van der Waals surface area contributed by atoms with Crippen molar-refractivity contribution >= 4 is 0 Å². The molecule has 1 N–H and O–H groups in total. The van der Waals surface area contributed by atoms with E-state index in [1.165, 1.54) is 0 Å². The van der Waals surface area contributed by atoms with Gasteiger partial charge in [-0.05, 0) is 37.6 Å². The van der Waals surface area contributed by atoms with E-state index in [1.807, 2.05) is 0 Å². The molecule has 0 saturated carbocycles. The molecule has 0 aromatic heterocycles. The monoisotopic (exact) mass is 267 g/mol. The Morgan fingerprint density at radius 3 is 2.47 bits per heavy atom. The van der Waals surface area contributed by atoms with Gasteiger partial charge in [0.05, 0.1) is 0 Å². The smallest absolute Gasteiger partial charge is 0.387 e. The van der Waals surface area contributed by atoms with Crippen molar-refractivity contribution in [2.24, 2.45) is 0 Å². The van der Waals surface area contributed by atoms with E-state index in [4.69, 9.17) is 0 Å². The highest BCUT2D eigenvalue weighted by molar-refractivity contribution is 5.30. The van der Waals surface area contributed by atoms with E-state index in [1.54, 1.807) is 31.2 Å². The van der Waals surface area contributed by atoms with Crippen molar-refractivity contribution in [3.63, 3.8) is 0 Å². The first-order chi connectivity index (χ1) is 9.17. The van der Waals surface area contributed by atoms with Crippen molar-refractivity contribution in [3.05, 3.63) is 29.8 Å². The Kier molecular flexibility index (Phi) is 6.91. The van der Waals surface area contributed by atoms with E-state index in [0.29, 0.717) is 6.42 Å². The lowest BCUT2D eigenvalue weighted by Gasteiger charge is -2.17. The summed E-state index contributed by atoms with van der Waals surface area (Å²) in [5.41, 5.74) is 1.03. The molecule has 0 amide bonds. The Labute approximate surface area is 113 Å². The summed E-state index contributed by atoms with van der Waals surface area (Å²) in [4.78, 5) is 0. The van der Waals surface area contributed by atoms with Crippen LogP contribution in [0.15, 0.2) is 24.3 Å². The molecule has 0 saturated heterocycles. The minimum atomic E-state index is -2.79. The number of ether oxygens (including phenoxy) is 1. The number of halogens is 2. The second-order valence-corrected chi connectivity index (χ2v) is 4.09. The molecule has 0 spiro atoms. The molecule has 4 heteroatoms. The second-order valence-electron chi connectivity index (χ2n) is 4.09. The van der Waals surface area contributed by atoms with Crippen LogP contribution in [0.4, 0.5) is 8.78 Å². The molecular weight excluding hydrogens is 248 g/mol. The lowest BCUT2D eigenvalue weighted by Crippen LogP contribution is -2.21. The average molecular weight is 267 g/mol. The Morgan fingerprint density at radius 1 is 1.26 bits per heavy atom. The molecule has 1 rings (SSSR count). The summed E-state index contributed by atoms with van der Waals surface area (Å²) in [6, 6.07) is 6.82. The van der Waals surface area contributed by atoms with E-state index in [2.05, 4.69) is 28.8 Å². The third-order valence-corrected chi connectivity index (χ3v) is 2.63. The zero-order valence-electron chi connectivity index (χ0n) is 11.2. The molecule has 0 radical (unpaired) electrons. The summed E-state index contributed by atoms with van der Waals surface area (Å²) in [6.45, 7) is 2.00. The molecule has 1 aromatic carbocycles. The van der Waals surface area contributed by atoms with Crippen LogP contribution in [-0.2, 0) is 0 Å². The van der Waals surface area contributed by atoms with Gasteiger partial charge in [-0.3, -0.25) is 0 Å². The third kappa shape index (κ3) is 5.71. The molecule has 0 fully saturated rings. The number of benzene rings is 1. The molecule has 0 heterocycles. The standard InChI is InChI=1S/C15H19F2NO/c1-3-5-6-14(18-11-4-2)12-7-9-13(10-8-12)19-15(16)17/h7-10,14-15,18H,4,6,11H2,1-2H3. The average Bonchev–Trinajstić information content (AvgIpc) is 2.39. The van der Waals surface area contributed by atoms with Crippen molar-refractivity contribution in [2.75, 3.05) is 6.54 Å². The third-order valence-electron chi connectivity index (χ3n) is 2.63. The van der Waals surface area contributed by atoms with Gasteiger partial charge in [0.25, 0.3) is 0 Å². The highest BCUT2D eigenvalue weighted by atomic mass is 19.3. The highest BCUT2D eigenvalue weighted by Gasteiger charge is 2.10. The van der Waals surface area contributed by atoms with Gasteiger partial charge in [-0.1, -0.05) is 19.1 Å². The van der Waals surface area contributed by atoms with Crippen LogP contribution < -0.4 is 10.1 Å². The number of hydrogen-bond donors (Lipinski definition) is 1. The van der Waals surface area contributed by atoms with Crippen LogP contribution >= 0.6 is 0 Å². The fourth-order valence-electron chi connectivity index (χ4n) is 1.71. The van der Waals surface area contributed by atoms with E-state index < -0.39 is 6.61 Å². The van der Waals surface area contributed by atoms with Gasteiger partial charge >= 0.3 is 6.61 Å². The molecule has 19 heavy (non-hydrogen) atoms. The first-order valence-corrected chi connectivity index (χ1v) is 6.35. The molecule has 1 atom stereocenters. The van der Waals surface area contributed by atoms with Crippen LogP contribution in [-0.4, -0.2) is 13.2 Å². The minimum Gasteiger partial charge on any atom is -0.435 e. The van der Waals surface area contributed by atoms with Gasteiger partial charge in [0.15, 0.2) is 0 Å². The van der Waals surface area contributed by atoms with Crippen molar-refractivity contribution < 1.29 is 13.5 Å². The fourth-order valence-corrected chi connectivity index (χ4v) is 1.71. The predicted octanol–water partition coefficient (Wildman–Crippen LogP) is 3.74. The summed E-state index contributed by atoms with van der Waals surface area (Å²) < 4.78 is 28.4. The lowest BCUT2D eigenvalue weighted by molar-refractivity contribution is -0.0498. The van der Waals surface area contributed by atoms with Crippen LogP contribution in [0.3, 0.4) is 0 Å². The van der Waals surface area contributed by atoms with Gasteiger partial charge in [0.2, 0.25) is 0 Å². The Bertz CT molecular complexity index is 420. The van der Waals surface area contributed by atoms with Crippen LogP contribution in [0.1, 0.15) is 38.3 Å². The minimum absolute atomic E-state index is 0.119. The maximum atomic E-state index is 12.1. The zero-order valence-corrected chi connectivity index (χ0v) is 11.2. The van der Waals surface area contributed by atoms with Crippen LogP contribution in [0.2, 0.25) is 0 Å². The molecule has 0 bridgehead atoms. The molecular formula is C15H19F2NO. The Balaban J connectivity index is 2.73. The highest BCUT2D eigenvalue weighted by Crippen LogP contribution is 2.21. The number of nitrogens with one attached hydrogen (secondary N) is 1. The molecule has 2 nitrogen and oxygen atoms in total. The first-order valence-electron chi connectivity index (χ1n) is 6.35. The molecule has 0 aliphatic heterocycles. The second kappa shape index (κ2) is 8.49. The van der Waals surface area contributed by atoms with Gasteiger partial charge in [-0.15, -0.1) is 11.8 Å². The zero-order chi connectivity index (χ0) is 14.1. The summed E-state index contributed by atoms with van der Waals surface area (Å²) in [5.74, 6) is 6.08. The van der Waals surface area contributed by atoms with Crippen LogP contribution in [0, 0.1) is 11.8 Å². The number of alkyl halides is 2. The van der Waals surface area contributed by atoms with Crippen molar-refractivity contribution in [1.82, 2.24) is 5.32 Å². The lowest BCUT2D eigenvalue weighted by atomic mass is 10.0. The predicted molar refractivity (Wildman–Crippen MR) is 72.2 cm³/mol. The quantitative estimate of drug-likeness (QED) is 0.760. The molecule has 0 aliphatic rings. The van der Waals surface area contributed by atoms with E-state index in [9.17, 15) is 8.78 Å². The molecule has 1 unspecified atom stereocenters. The number of rotatable bonds is 7. The normalized spacial score (nSPS) is 11.8. The van der Waals surface area contributed by atoms with E-state index in [0.717, 1.165) is 18.5 Å². The molecule has 0 aliphatic carbocycles. The number of hydrogen-bond acceptors (Lipinski definition) is 2. The van der Waals surface area contributed by atoms with Gasteiger partial charge in [0, 0.05) is 12.5 Å². The summed E-state index contributed by atoms with van der Waals surface area (Å²) in [5, 5.41) is 3.39. The SMILES string of the molecule is CC#CCC(NCCC)c1ccc(OC(F)F)cc1. The van der Waals surface area contributed by atoms with Crippen molar-refractivity contribution in [1.29, 1.82) is 0 Å². The van der Waals surface area contributed by atoms with Crippen molar-refractivity contribution in [2.45, 2.75) is 39.3 Å². The topological polar surface area (TPSA) is 21.3 Å². The molecule has 1 aromatic rings. The summed E-state index contributed by atoms with van der Waals surface area (Å²) >= 11 is 0. The van der Waals surface area contributed by atoms with Gasteiger partial charge < -0.3 is 10.1 Å². The summed E-state index contributed by atoms with van der Waals surface area (Å²) in [7, 11) is 0. The largest absolute Gasteiger partial charge is 0.435 e. The first kappa shape index (κ1) is 15.5. The van der Waals surface area contributed by atoms with Crippen molar-refractivity contribution in [3.8, 4) is 17.6 Å². The van der Waals surface area contributed by atoms with E-state index in [-0.39, 0.29) is 11.8 Å². The van der Waals surface area contributed by atoms with Crippen LogP contribution in [0.25, 0.3) is 0 Å². The van der Waals surface area contributed by atoms with Gasteiger partial charge in [-0.2, -0.15) is 8.78 Å². The Hall–Kier alpha value is -1.60. The Morgan fingerprint density at radius 2 is 1.95 bits per heavy atom. The van der Waals surface area contributed by atoms with Gasteiger partial charge in [0.1, 0.15) is 5.75 Å². The maximum Gasteiger partial charge on any atom is 0.387 e. The summed E-state index contributed by atoms with van der Waals surface area (Å²) in [6.07, 6.45) is 1.73. The van der Waals surface area contributed by atoms with Crippen LogP contribution in [0.5, 0.6) is 5.75 Å². The maximum absolute atomic E-state index is 12.1.